The number of aliphatic hydroxyl groups is 1. The van der Waals surface area contributed by atoms with Crippen LogP contribution in [0.1, 0.15) is 42.0 Å². The first-order valence-corrected chi connectivity index (χ1v) is 11.0. The van der Waals surface area contributed by atoms with E-state index in [1.807, 2.05) is 31.2 Å². The summed E-state index contributed by atoms with van der Waals surface area (Å²) in [6, 6.07) is 13.5. The molecular formula is C24H32F3IN4O. The number of aliphatic hydroxyl groups excluding tert-OH is 1. The number of piperidine rings is 1. The molecule has 0 aromatic heterocycles. The Labute approximate surface area is 210 Å². The third-order valence-corrected chi connectivity index (χ3v) is 5.63. The van der Waals surface area contributed by atoms with Crippen molar-refractivity contribution in [3.63, 3.8) is 0 Å². The molecule has 5 nitrogen and oxygen atoms in total. The van der Waals surface area contributed by atoms with Crippen molar-refractivity contribution in [3.05, 3.63) is 70.8 Å². The molecule has 0 amide bonds. The molecule has 3 N–H and O–H groups in total. The number of rotatable bonds is 7. The minimum atomic E-state index is -4.31. The summed E-state index contributed by atoms with van der Waals surface area (Å²) < 4.78 is 38.8. The van der Waals surface area contributed by atoms with Gasteiger partial charge in [0.1, 0.15) is 0 Å². The third-order valence-electron chi connectivity index (χ3n) is 5.63. The van der Waals surface area contributed by atoms with Gasteiger partial charge >= 0.3 is 6.18 Å². The second-order valence-corrected chi connectivity index (χ2v) is 8.01. The molecule has 1 saturated heterocycles. The van der Waals surface area contributed by atoms with Gasteiger partial charge in [0.2, 0.25) is 0 Å². The van der Waals surface area contributed by atoms with Gasteiger partial charge in [-0.3, -0.25) is 4.90 Å². The molecule has 0 spiro atoms. The van der Waals surface area contributed by atoms with E-state index in [4.69, 9.17) is 0 Å². The molecule has 1 aliphatic heterocycles. The zero-order chi connectivity index (χ0) is 23.0. The molecule has 0 unspecified atom stereocenters. The highest BCUT2D eigenvalue weighted by Crippen LogP contribution is 2.30. The van der Waals surface area contributed by atoms with Gasteiger partial charge in [0.15, 0.2) is 5.96 Å². The number of halogens is 4. The van der Waals surface area contributed by atoms with Crippen molar-refractivity contribution in [1.82, 2.24) is 15.5 Å². The van der Waals surface area contributed by atoms with Crippen LogP contribution in [0, 0.1) is 0 Å². The lowest BCUT2D eigenvalue weighted by Crippen LogP contribution is -2.48. The van der Waals surface area contributed by atoms with E-state index < -0.39 is 11.7 Å². The SMILES string of the molecule is CCNC(=NCc1ccccc1CO)NC1CCN(Cc2cccc(C(F)(F)F)c2)CC1.I. The number of hydrogen-bond donors (Lipinski definition) is 3. The molecule has 1 aliphatic rings. The molecule has 9 heteroatoms. The van der Waals surface area contributed by atoms with Crippen LogP contribution < -0.4 is 10.6 Å². The van der Waals surface area contributed by atoms with E-state index in [1.54, 1.807) is 6.07 Å². The molecular weight excluding hydrogens is 544 g/mol. The number of aliphatic imine (C=N–C) groups is 1. The summed E-state index contributed by atoms with van der Waals surface area (Å²) in [5.41, 5.74) is 1.95. The Morgan fingerprint density at radius 1 is 1.09 bits per heavy atom. The van der Waals surface area contributed by atoms with E-state index in [9.17, 15) is 18.3 Å². The molecule has 1 heterocycles. The number of guanidine groups is 1. The second-order valence-electron chi connectivity index (χ2n) is 8.01. The number of benzene rings is 2. The molecule has 2 aromatic carbocycles. The largest absolute Gasteiger partial charge is 0.416 e. The molecule has 1 fully saturated rings. The highest BCUT2D eigenvalue weighted by Gasteiger charge is 2.30. The van der Waals surface area contributed by atoms with E-state index in [2.05, 4.69) is 20.5 Å². The highest BCUT2D eigenvalue weighted by molar-refractivity contribution is 14.0. The lowest BCUT2D eigenvalue weighted by Gasteiger charge is -2.33. The fourth-order valence-corrected chi connectivity index (χ4v) is 3.88. The Bertz CT molecular complexity index is 899. The van der Waals surface area contributed by atoms with Gasteiger partial charge in [0.25, 0.3) is 0 Å². The summed E-state index contributed by atoms with van der Waals surface area (Å²) in [6.07, 6.45) is -2.54. The van der Waals surface area contributed by atoms with Crippen molar-refractivity contribution >= 4 is 29.9 Å². The number of nitrogens with zero attached hydrogens (tertiary/aromatic N) is 2. The lowest BCUT2D eigenvalue weighted by atomic mass is 10.0. The van der Waals surface area contributed by atoms with Crippen LogP contribution in [-0.4, -0.2) is 41.6 Å². The van der Waals surface area contributed by atoms with Crippen molar-refractivity contribution in [3.8, 4) is 0 Å². The number of hydrogen-bond acceptors (Lipinski definition) is 3. The van der Waals surface area contributed by atoms with Crippen molar-refractivity contribution in [2.75, 3.05) is 19.6 Å². The van der Waals surface area contributed by atoms with Crippen molar-refractivity contribution in [2.45, 2.75) is 51.7 Å². The van der Waals surface area contributed by atoms with Gasteiger partial charge in [0.05, 0.1) is 18.7 Å². The predicted molar refractivity (Wildman–Crippen MR) is 135 cm³/mol. The van der Waals surface area contributed by atoms with Crippen LogP contribution in [0.15, 0.2) is 53.5 Å². The Morgan fingerprint density at radius 3 is 2.42 bits per heavy atom. The lowest BCUT2D eigenvalue weighted by molar-refractivity contribution is -0.137. The Kier molecular flexibility index (Phi) is 10.9. The first kappa shape index (κ1) is 27.4. The van der Waals surface area contributed by atoms with Gasteiger partial charge < -0.3 is 15.7 Å². The normalized spacial score (nSPS) is 15.7. The summed E-state index contributed by atoms with van der Waals surface area (Å²) in [5.74, 6) is 0.733. The molecule has 0 aliphatic carbocycles. The minimum absolute atomic E-state index is 0. The van der Waals surface area contributed by atoms with Crippen LogP contribution in [0.3, 0.4) is 0 Å². The predicted octanol–water partition coefficient (Wildman–Crippen LogP) is 4.54. The van der Waals surface area contributed by atoms with Crippen LogP contribution >= 0.6 is 24.0 Å². The number of likely N-dealkylation sites (tertiary alicyclic amines) is 1. The summed E-state index contributed by atoms with van der Waals surface area (Å²) in [4.78, 5) is 6.86. The third kappa shape index (κ3) is 8.46. The second kappa shape index (κ2) is 13.1. The monoisotopic (exact) mass is 576 g/mol. The fourth-order valence-electron chi connectivity index (χ4n) is 3.88. The Hall–Kier alpha value is -1.85. The van der Waals surface area contributed by atoms with E-state index >= 15 is 0 Å². The molecule has 33 heavy (non-hydrogen) atoms. The number of alkyl halides is 3. The summed E-state index contributed by atoms with van der Waals surface area (Å²) in [5, 5.41) is 16.2. The van der Waals surface area contributed by atoms with E-state index in [-0.39, 0.29) is 36.6 Å². The van der Waals surface area contributed by atoms with Crippen LogP contribution in [0.4, 0.5) is 13.2 Å². The average molecular weight is 576 g/mol. The van der Waals surface area contributed by atoms with Crippen molar-refractivity contribution < 1.29 is 18.3 Å². The quantitative estimate of drug-likeness (QED) is 0.258. The molecule has 0 bridgehead atoms. The zero-order valence-corrected chi connectivity index (χ0v) is 21.1. The van der Waals surface area contributed by atoms with Gasteiger partial charge in [-0.15, -0.1) is 24.0 Å². The number of nitrogens with one attached hydrogen (secondary N) is 2. The fraction of sp³-hybridized carbons (Fsp3) is 0.458. The molecule has 182 valence electrons. The van der Waals surface area contributed by atoms with Crippen LogP contribution in [0.25, 0.3) is 0 Å². The average Bonchev–Trinajstić information content (AvgIpc) is 2.79. The molecule has 3 rings (SSSR count). The maximum absolute atomic E-state index is 12.9. The maximum Gasteiger partial charge on any atom is 0.416 e. The maximum atomic E-state index is 12.9. The zero-order valence-electron chi connectivity index (χ0n) is 18.7. The van der Waals surface area contributed by atoms with Crippen molar-refractivity contribution in [1.29, 1.82) is 0 Å². The standard InChI is InChI=1S/C24H31F3N4O.HI/c1-2-28-23(29-15-19-7-3-4-8-20(19)17-32)30-22-10-12-31(13-11-22)16-18-6-5-9-21(14-18)24(25,26)27;/h3-9,14,22,32H,2,10-13,15-17H2,1H3,(H2,28,29,30);1H. The summed E-state index contributed by atoms with van der Waals surface area (Å²) >= 11 is 0. The minimum Gasteiger partial charge on any atom is -0.392 e. The Morgan fingerprint density at radius 2 is 1.79 bits per heavy atom. The van der Waals surface area contributed by atoms with Crippen molar-refractivity contribution in [2.24, 2.45) is 4.99 Å². The summed E-state index contributed by atoms with van der Waals surface area (Å²) in [7, 11) is 0. The van der Waals surface area contributed by atoms with E-state index in [0.29, 0.717) is 18.7 Å². The van der Waals surface area contributed by atoms with Gasteiger partial charge in [-0.25, -0.2) is 4.99 Å². The van der Waals surface area contributed by atoms with E-state index in [1.165, 1.54) is 12.1 Å². The van der Waals surface area contributed by atoms with E-state index in [0.717, 1.165) is 55.6 Å². The smallest absolute Gasteiger partial charge is 0.392 e. The molecule has 2 aromatic rings. The Balaban J connectivity index is 0.00000385. The summed E-state index contributed by atoms with van der Waals surface area (Å²) in [6.45, 7) is 5.34. The van der Waals surface area contributed by atoms with Gasteiger partial charge in [-0.1, -0.05) is 42.5 Å². The van der Waals surface area contributed by atoms with Crippen LogP contribution in [-0.2, 0) is 25.9 Å². The highest BCUT2D eigenvalue weighted by atomic mass is 127. The van der Waals surface area contributed by atoms with Crippen LogP contribution in [0.5, 0.6) is 0 Å². The van der Waals surface area contributed by atoms with Gasteiger partial charge in [-0.05, 0) is 42.5 Å². The molecule has 0 atom stereocenters. The first-order chi connectivity index (χ1) is 15.4. The first-order valence-electron chi connectivity index (χ1n) is 11.0. The van der Waals surface area contributed by atoms with Gasteiger partial charge in [0, 0.05) is 32.2 Å². The van der Waals surface area contributed by atoms with Crippen LogP contribution in [0.2, 0.25) is 0 Å². The molecule has 0 radical (unpaired) electrons. The topological polar surface area (TPSA) is 59.9 Å². The molecule has 0 saturated carbocycles. The van der Waals surface area contributed by atoms with Gasteiger partial charge in [-0.2, -0.15) is 13.2 Å².